The van der Waals surface area contributed by atoms with Gasteiger partial charge in [-0.05, 0) is 30.7 Å². The highest BCUT2D eigenvalue weighted by Crippen LogP contribution is 2.31. The number of nitriles is 1. The molecule has 21 heavy (non-hydrogen) atoms. The highest BCUT2D eigenvalue weighted by molar-refractivity contribution is 8.26. The molecule has 2 rings (SSSR count). The first kappa shape index (κ1) is 15.4. The predicted octanol–water partition coefficient (Wildman–Crippen LogP) is 2.48. The Bertz CT molecular complexity index is 650. The molecular weight excluding hydrogens is 308 g/mol. The number of ether oxygens (including phenoxy) is 2. The van der Waals surface area contributed by atoms with Crippen molar-refractivity contribution < 1.29 is 14.3 Å². The van der Waals surface area contributed by atoms with E-state index in [0.717, 1.165) is 5.56 Å². The van der Waals surface area contributed by atoms with Gasteiger partial charge in [0.2, 0.25) is 0 Å². The van der Waals surface area contributed by atoms with Gasteiger partial charge in [-0.25, -0.2) is 0 Å². The van der Waals surface area contributed by atoms with Gasteiger partial charge in [0.15, 0.2) is 18.1 Å². The molecule has 0 saturated carbocycles. The van der Waals surface area contributed by atoms with E-state index in [9.17, 15) is 4.79 Å². The molecule has 1 heterocycles. The highest BCUT2D eigenvalue weighted by atomic mass is 32.2. The molecule has 1 aromatic carbocycles. The molecule has 0 radical (unpaired) electrons. The second-order valence-corrected chi connectivity index (χ2v) is 5.66. The summed E-state index contributed by atoms with van der Waals surface area (Å²) < 4.78 is 11.2. The molecule has 1 fully saturated rings. The minimum atomic E-state index is -0.201. The molecule has 1 saturated heterocycles. The third-order valence-electron chi connectivity index (χ3n) is 2.50. The molecule has 5 nitrogen and oxygen atoms in total. The summed E-state index contributed by atoms with van der Waals surface area (Å²) in [5.74, 6) is 0.834. The Morgan fingerprint density at radius 1 is 1.43 bits per heavy atom. The fraction of sp³-hybridized carbons (Fsp3) is 0.214. The van der Waals surface area contributed by atoms with Crippen LogP contribution in [-0.4, -0.2) is 23.4 Å². The maximum absolute atomic E-state index is 11.6. The van der Waals surface area contributed by atoms with Gasteiger partial charge in [-0.2, -0.15) is 5.26 Å². The van der Waals surface area contributed by atoms with E-state index in [1.807, 2.05) is 13.0 Å². The number of hydrogen-bond acceptors (Lipinski definition) is 6. The van der Waals surface area contributed by atoms with E-state index in [1.165, 1.54) is 11.8 Å². The van der Waals surface area contributed by atoms with Crippen molar-refractivity contribution in [1.82, 2.24) is 5.32 Å². The fourth-order valence-electron chi connectivity index (χ4n) is 1.68. The molecule has 0 spiro atoms. The SMILES string of the molecule is CCOc1cc(/C=C2/SC(=S)NC2=O)ccc1OCC#N. The zero-order chi connectivity index (χ0) is 15.2. The second kappa shape index (κ2) is 7.11. The van der Waals surface area contributed by atoms with Crippen molar-refractivity contribution >= 4 is 40.3 Å². The lowest BCUT2D eigenvalue weighted by molar-refractivity contribution is -0.115. The zero-order valence-electron chi connectivity index (χ0n) is 11.2. The largest absolute Gasteiger partial charge is 0.490 e. The number of hydrogen-bond donors (Lipinski definition) is 1. The molecule has 0 bridgehead atoms. The van der Waals surface area contributed by atoms with E-state index in [2.05, 4.69) is 5.32 Å². The van der Waals surface area contributed by atoms with Crippen molar-refractivity contribution in [3.05, 3.63) is 28.7 Å². The van der Waals surface area contributed by atoms with Crippen LogP contribution in [-0.2, 0) is 4.79 Å². The van der Waals surface area contributed by atoms with Crippen LogP contribution in [0.25, 0.3) is 6.08 Å². The van der Waals surface area contributed by atoms with Gasteiger partial charge in [-0.3, -0.25) is 4.79 Å². The lowest BCUT2D eigenvalue weighted by atomic mass is 10.2. The topological polar surface area (TPSA) is 71.3 Å². The molecule has 1 aliphatic heterocycles. The van der Waals surface area contributed by atoms with Crippen LogP contribution in [0, 0.1) is 11.3 Å². The first-order chi connectivity index (χ1) is 10.1. The average molecular weight is 320 g/mol. The molecule has 7 heteroatoms. The first-order valence-corrected chi connectivity index (χ1v) is 7.38. The molecule has 0 unspecified atom stereocenters. The third kappa shape index (κ3) is 3.97. The number of carbonyl (C=O) groups excluding carboxylic acids is 1. The van der Waals surface area contributed by atoms with Gasteiger partial charge in [0.1, 0.15) is 10.4 Å². The Kier molecular flexibility index (Phi) is 5.20. The van der Waals surface area contributed by atoms with Crippen LogP contribution >= 0.6 is 24.0 Å². The smallest absolute Gasteiger partial charge is 0.263 e. The minimum absolute atomic E-state index is 0.0486. The normalized spacial score (nSPS) is 15.7. The van der Waals surface area contributed by atoms with Crippen LogP contribution in [0.3, 0.4) is 0 Å². The molecule has 0 aromatic heterocycles. The number of thioether (sulfide) groups is 1. The Labute approximate surface area is 131 Å². The van der Waals surface area contributed by atoms with E-state index in [4.69, 9.17) is 27.0 Å². The Hall–Kier alpha value is -2.04. The molecule has 1 aliphatic rings. The maximum Gasteiger partial charge on any atom is 0.263 e. The van der Waals surface area contributed by atoms with Crippen molar-refractivity contribution in [2.75, 3.05) is 13.2 Å². The summed E-state index contributed by atoms with van der Waals surface area (Å²) >= 11 is 6.16. The van der Waals surface area contributed by atoms with Crippen LogP contribution in [0.4, 0.5) is 0 Å². The average Bonchev–Trinajstić information content (AvgIpc) is 2.76. The van der Waals surface area contributed by atoms with Crippen LogP contribution in [0.2, 0.25) is 0 Å². The van der Waals surface area contributed by atoms with Crippen LogP contribution in [0.15, 0.2) is 23.1 Å². The Morgan fingerprint density at radius 2 is 2.24 bits per heavy atom. The predicted molar refractivity (Wildman–Crippen MR) is 85.0 cm³/mol. The van der Waals surface area contributed by atoms with Crippen molar-refractivity contribution in [3.8, 4) is 17.6 Å². The monoisotopic (exact) mass is 320 g/mol. The van der Waals surface area contributed by atoms with Crippen molar-refractivity contribution in [1.29, 1.82) is 5.26 Å². The number of nitrogens with zero attached hydrogens (tertiary/aromatic N) is 1. The van der Waals surface area contributed by atoms with E-state index in [-0.39, 0.29) is 12.5 Å². The van der Waals surface area contributed by atoms with Crippen molar-refractivity contribution in [2.45, 2.75) is 6.92 Å². The second-order valence-electron chi connectivity index (χ2n) is 3.94. The summed E-state index contributed by atoms with van der Waals surface area (Å²) in [5, 5.41) is 11.1. The molecule has 0 aliphatic carbocycles. The van der Waals surface area contributed by atoms with Crippen LogP contribution < -0.4 is 14.8 Å². The Morgan fingerprint density at radius 3 is 2.86 bits per heavy atom. The summed E-state index contributed by atoms with van der Waals surface area (Å²) in [5.41, 5.74) is 0.796. The van der Waals surface area contributed by atoms with Crippen LogP contribution in [0.1, 0.15) is 12.5 Å². The van der Waals surface area contributed by atoms with E-state index in [1.54, 1.807) is 24.3 Å². The molecule has 1 amide bonds. The van der Waals surface area contributed by atoms with Crippen molar-refractivity contribution in [2.24, 2.45) is 0 Å². The fourth-order valence-corrected chi connectivity index (χ4v) is 2.73. The van der Waals surface area contributed by atoms with Gasteiger partial charge in [-0.1, -0.05) is 30.0 Å². The van der Waals surface area contributed by atoms with E-state index >= 15 is 0 Å². The number of carbonyl (C=O) groups is 1. The number of amides is 1. The summed E-state index contributed by atoms with van der Waals surface area (Å²) in [4.78, 5) is 12.2. The van der Waals surface area contributed by atoms with Crippen LogP contribution in [0.5, 0.6) is 11.5 Å². The van der Waals surface area contributed by atoms with Gasteiger partial charge in [0, 0.05) is 0 Å². The minimum Gasteiger partial charge on any atom is -0.490 e. The van der Waals surface area contributed by atoms with E-state index < -0.39 is 0 Å². The summed E-state index contributed by atoms with van der Waals surface area (Å²) in [7, 11) is 0. The zero-order valence-corrected chi connectivity index (χ0v) is 12.8. The third-order valence-corrected chi connectivity index (χ3v) is 3.66. The van der Waals surface area contributed by atoms with E-state index in [0.29, 0.717) is 27.3 Å². The summed E-state index contributed by atoms with van der Waals surface area (Å²) in [6.45, 7) is 2.28. The molecular formula is C14H12N2O3S2. The maximum atomic E-state index is 11.6. The molecule has 1 aromatic rings. The molecule has 1 N–H and O–H groups in total. The van der Waals surface area contributed by atoms with Gasteiger partial charge in [0.05, 0.1) is 11.5 Å². The summed E-state index contributed by atoms with van der Waals surface area (Å²) in [6, 6.07) is 7.17. The Balaban J connectivity index is 2.27. The molecule has 0 atom stereocenters. The molecule has 108 valence electrons. The van der Waals surface area contributed by atoms with Gasteiger partial charge in [-0.15, -0.1) is 0 Å². The van der Waals surface area contributed by atoms with Gasteiger partial charge < -0.3 is 14.8 Å². The number of thiocarbonyl (C=S) groups is 1. The number of rotatable bonds is 5. The number of benzene rings is 1. The number of nitrogens with one attached hydrogen (secondary N) is 1. The van der Waals surface area contributed by atoms with Gasteiger partial charge in [0.25, 0.3) is 5.91 Å². The summed E-state index contributed by atoms with van der Waals surface area (Å²) in [6.07, 6.45) is 1.73. The first-order valence-electron chi connectivity index (χ1n) is 6.15. The highest BCUT2D eigenvalue weighted by Gasteiger charge is 2.22. The van der Waals surface area contributed by atoms with Gasteiger partial charge >= 0.3 is 0 Å². The van der Waals surface area contributed by atoms with Crippen molar-refractivity contribution in [3.63, 3.8) is 0 Å². The standard InChI is InChI=1S/C14H12N2O3S2/c1-2-18-11-7-9(3-4-10(11)19-6-5-15)8-12-13(17)16-14(20)21-12/h3-4,7-8H,2,6H2,1H3,(H,16,17,20)/b12-8+. The lowest BCUT2D eigenvalue weighted by Crippen LogP contribution is -2.17. The quantitative estimate of drug-likeness (QED) is 0.664. The lowest BCUT2D eigenvalue weighted by Gasteiger charge is -2.10.